The normalized spacial score (nSPS) is 13.6. The highest BCUT2D eigenvalue weighted by atomic mass is 16.5. The largest absolute Gasteiger partial charge is 0.466 e. The Labute approximate surface area is 409 Å². The summed E-state index contributed by atoms with van der Waals surface area (Å²) in [5, 5.41) is 0. The number of esters is 1. The Bertz CT molecular complexity index is 981. The van der Waals surface area contributed by atoms with E-state index in [2.05, 4.69) is 54.2 Å². The number of rotatable bonds is 51. The molecule has 1 fully saturated rings. The summed E-state index contributed by atoms with van der Waals surface area (Å²) in [6.45, 7) is 30.0. The number of carbonyl (C=O) groups excluding carboxylic acids is 1. The summed E-state index contributed by atoms with van der Waals surface area (Å²) in [4.78, 5) is 23.4. The molecule has 65 heavy (non-hydrogen) atoms. The lowest BCUT2D eigenvalue weighted by molar-refractivity contribution is -0.143. The summed E-state index contributed by atoms with van der Waals surface area (Å²) in [5.74, 6) is 0.839. The molecule has 1 heterocycles. The van der Waals surface area contributed by atoms with Gasteiger partial charge in [-0.1, -0.05) is 208 Å². The van der Waals surface area contributed by atoms with E-state index < -0.39 is 0 Å². The number of unbranched alkanes of at least 4 members (excludes halogenated alkanes) is 26. The highest BCUT2D eigenvalue weighted by Gasteiger charge is 2.21. The predicted molar refractivity (Wildman–Crippen MR) is 288 cm³/mol. The maximum absolute atomic E-state index is 12.4. The fraction of sp³-hybridized carbons (Fsp3) is 0.949. The molecule has 0 saturated carbocycles. The van der Waals surface area contributed by atoms with Crippen LogP contribution >= 0.6 is 0 Å². The SMILES string of the molecule is C=C(CCN(CCCCCCCCC)CCN(CCCCCCCCC)CCCCCCCCC)N1CCC(CCCN(CCCCCCCCC)CCCC(=O)OCCCCC)CC1. The molecule has 1 rings (SSSR count). The zero-order valence-electron chi connectivity index (χ0n) is 45.2. The van der Waals surface area contributed by atoms with Crippen LogP contribution in [0.4, 0.5) is 0 Å². The van der Waals surface area contributed by atoms with Crippen LogP contribution < -0.4 is 0 Å². The molecule has 0 atom stereocenters. The Balaban J connectivity index is 2.65. The Morgan fingerprint density at radius 1 is 0.415 bits per heavy atom. The molecule has 0 aromatic heterocycles. The van der Waals surface area contributed by atoms with Gasteiger partial charge in [0.1, 0.15) is 0 Å². The molecule has 0 bridgehead atoms. The topological polar surface area (TPSA) is 39.3 Å². The highest BCUT2D eigenvalue weighted by molar-refractivity contribution is 5.69. The second kappa shape index (κ2) is 47.9. The van der Waals surface area contributed by atoms with E-state index in [9.17, 15) is 4.79 Å². The van der Waals surface area contributed by atoms with Crippen LogP contribution in [0.15, 0.2) is 12.3 Å². The van der Waals surface area contributed by atoms with Crippen molar-refractivity contribution in [2.24, 2.45) is 5.92 Å². The highest BCUT2D eigenvalue weighted by Crippen LogP contribution is 2.25. The summed E-state index contributed by atoms with van der Waals surface area (Å²) in [6, 6.07) is 0. The molecule has 0 radical (unpaired) electrons. The van der Waals surface area contributed by atoms with Crippen LogP contribution in [0.25, 0.3) is 0 Å². The molecular formula is C59H118N4O2. The number of likely N-dealkylation sites (tertiary alicyclic amines) is 1. The van der Waals surface area contributed by atoms with Crippen LogP contribution in [0.3, 0.4) is 0 Å². The molecule has 0 N–H and O–H groups in total. The first-order chi connectivity index (χ1) is 32.0. The van der Waals surface area contributed by atoms with Crippen LogP contribution in [0.2, 0.25) is 0 Å². The van der Waals surface area contributed by atoms with Gasteiger partial charge in [-0.05, 0) is 116 Å². The zero-order chi connectivity index (χ0) is 47.1. The van der Waals surface area contributed by atoms with Gasteiger partial charge in [0, 0.05) is 44.8 Å². The van der Waals surface area contributed by atoms with Gasteiger partial charge in [0.05, 0.1) is 6.61 Å². The molecule has 0 aliphatic carbocycles. The number of hydrogen-bond donors (Lipinski definition) is 0. The van der Waals surface area contributed by atoms with Crippen LogP contribution in [0, 0.1) is 5.92 Å². The van der Waals surface area contributed by atoms with Gasteiger partial charge in [0.2, 0.25) is 0 Å². The van der Waals surface area contributed by atoms with Crippen molar-refractivity contribution in [3.8, 4) is 0 Å². The van der Waals surface area contributed by atoms with Gasteiger partial charge in [-0.2, -0.15) is 0 Å². The van der Waals surface area contributed by atoms with Crippen LogP contribution in [-0.2, 0) is 9.53 Å². The third kappa shape index (κ3) is 39.4. The van der Waals surface area contributed by atoms with Gasteiger partial charge >= 0.3 is 5.97 Å². The molecule has 6 nitrogen and oxygen atoms in total. The fourth-order valence-electron chi connectivity index (χ4n) is 10.1. The van der Waals surface area contributed by atoms with E-state index in [1.54, 1.807) is 0 Å². The van der Waals surface area contributed by atoms with Crippen LogP contribution in [0.1, 0.15) is 279 Å². The van der Waals surface area contributed by atoms with E-state index >= 15 is 0 Å². The molecule has 0 aromatic carbocycles. The van der Waals surface area contributed by atoms with Gasteiger partial charge in [-0.15, -0.1) is 0 Å². The first kappa shape index (κ1) is 61.9. The molecule has 1 aliphatic heterocycles. The summed E-state index contributed by atoms with van der Waals surface area (Å²) in [5.41, 5.74) is 1.39. The average Bonchev–Trinajstić information content (AvgIpc) is 3.31. The molecule has 0 amide bonds. The number of nitrogens with zero attached hydrogens (tertiary/aromatic N) is 4. The fourth-order valence-corrected chi connectivity index (χ4v) is 10.1. The lowest BCUT2D eigenvalue weighted by Crippen LogP contribution is -2.38. The van der Waals surface area contributed by atoms with E-state index in [-0.39, 0.29) is 5.97 Å². The summed E-state index contributed by atoms with van der Waals surface area (Å²) in [7, 11) is 0. The minimum absolute atomic E-state index is 0.000938. The quantitative estimate of drug-likeness (QED) is 0.0447. The molecule has 6 heteroatoms. The van der Waals surface area contributed by atoms with Gasteiger partial charge in [0.25, 0.3) is 0 Å². The standard InChI is InChI=1S/C59H118N4O2/c1-7-12-17-21-25-29-33-45-60(50-39-41-59(64)65-56-37-16-11-5)49-38-40-58-43-52-63(53-44-58)57(6)42-51-62(48-36-32-28-24-20-15-10-4)55-54-61(46-34-30-26-22-18-13-8-2)47-35-31-27-23-19-14-9-3/h58H,6-56H2,1-5H3. The maximum Gasteiger partial charge on any atom is 0.305 e. The molecule has 0 spiro atoms. The Morgan fingerprint density at radius 2 is 0.754 bits per heavy atom. The van der Waals surface area contributed by atoms with E-state index in [4.69, 9.17) is 11.3 Å². The third-order valence-electron chi connectivity index (χ3n) is 14.8. The van der Waals surface area contributed by atoms with E-state index in [1.807, 2.05) is 0 Å². The summed E-state index contributed by atoms with van der Waals surface area (Å²) >= 11 is 0. The van der Waals surface area contributed by atoms with Crippen molar-refractivity contribution in [2.45, 2.75) is 279 Å². The van der Waals surface area contributed by atoms with Crippen LogP contribution in [0.5, 0.6) is 0 Å². The minimum Gasteiger partial charge on any atom is -0.466 e. The third-order valence-corrected chi connectivity index (χ3v) is 14.8. The van der Waals surface area contributed by atoms with Crippen molar-refractivity contribution in [1.82, 2.24) is 19.6 Å². The van der Waals surface area contributed by atoms with Gasteiger partial charge in [0.15, 0.2) is 0 Å². The Morgan fingerprint density at radius 3 is 1.18 bits per heavy atom. The Kier molecular flexibility index (Phi) is 45.7. The van der Waals surface area contributed by atoms with Crippen molar-refractivity contribution >= 4 is 5.97 Å². The molecular weight excluding hydrogens is 797 g/mol. The summed E-state index contributed by atoms with van der Waals surface area (Å²) < 4.78 is 5.52. The summed E-state index contributed by atoms with van der Waals surface area (Å²) in [6.07, 6.45) is 50.0. The van der Waals surface area contributed by atoms with Crippen molar-refractivity contribution in [3.63, 3.8) is 0 Å². The van der Waals surface area contributed by atoms with Crippen molar-refractivity contribution in [2.75, 3.05) is 78.6 Å². The van der Waals surface area contributed by atoms with Crippen LogP contribution in [-0.4, -0.2) is 104 Å². The molecule has 386 valence electrons. The number of piperidine rings is 1. The monoisotopic (exact) mass is 915 g/mol. The Hall–Kier alpha value is -1.11. The minimum atomic E-state index is 0.000938. The van der Waals surface area contributed by atoms with E-state index in [1.165, 1.54) is 277 Å². The lowest BCUT2D eigenvalue weighted by atomic mass is 9.91. The number of hydrogen-bond acceptors (Lipinski definition) is 6. The zero-order valence-corrected chi connectivity index (χ0v) is 45.2. The number of carbonyl (C=O) groups is 1. The van der Waals surface area contributed by atoms with E-state index in [0.717, 1.165) is 44.6 Å². The van der Waals surface area contributed by atoms with Crippen molar-refractivity contribution < 1.29 is 9.53 Å². The molecule has 1 aliphatic rings. The number of ether oxygens (including phenoxy) is 1. The smallest absolute Gasteiger partial charge is 0.305 e. The second-order valence-corrected chi connectivity index (χ2v) is 20.9. The molecule has 1 saturated heterocycles. The van der Waals surface area contributed by atoms with Gasteiger partial charge in [-0.25, -0.2) is 0 Å². The molecule has 0 aromatic rings. The van der Waals surface area contributed by atoms with E-state index in [0.29, 0.717) is 13.0 Å². The predicted octanol–water partition coefficient (Wildman–Crippen LogP) is 16.8. The molecule has 0 unspecified atom stereocenters. The first-order valence-corrected chi connectivity index (χ1v) is 29.7. The van der Waals surface area contributed by atoms with Gasteiger partial charge < -0.3 is 24.3 Å². The van der Waals surface area contributed by atoms with Crippen molar-refractivity contribution in [1.29, 1.82) is 0 Å². The average molecular weight is 916 g/mol. The maximum atomic E-state index is 12.4. The van der Waals surface area contributed by atoms with Gasteiger partial charge in [-0.3, -0.25) is 4.79 Å². The lowest BCUT2D eigenvalue weighted by Gasteiger charge is -2.36. The van der Waals surface area contributed by atoms with Crippen molar-refractivity contribution in [3.05, 3.63) is 12.3 Å². The first-order valence-electron chi connectivity index (χ1n) is 29.7. The second-order valence-electron chi connectivity index (χ2n) is 20.9.